The van der Waals surface area contributed by atoms with Gasteiger partial charge in [0, 0.05) is 56.3 Å². The van der Waals surface area contributed by atoms with Crippen molar-refractivity contribution in [2.45, 2.75) is 72.4 Å². The second kappa shape index (κ2) is 16.4. The summed E-state index contributed by atoms with van der Waals surface area (Å²) >= 11 is 1.59. The van der Waals surface area contributed by atoms with Crippen LogP contribution in [0.15, 0.2) is 60.7 Å². The predicted molar refractivity (Wildman–Crippen MR) is 182 cm³/mol. The van der Waals surface area contributed by atoms with E-state index in [0.29, 0.717) is 12.5 Å². The van der Waals surface area contributed by atoms with Crippen LogP contribution >= 0.6 is 11.3 Å². The van der Waals surface area contributed by atoms with Gasteiger partial charge in [-0.15, -0.1) is 11.3 Å². The van der Waals surface area contributed by atoms with E-state index in [0.717, 1.165) is 98.6 Å². The maximum absolute atomic E-state index is 13.8. The molecule has 2 aliphatic heterocycles. The number of aryl methyl sites for hydroxylation is 1. The molecule has 0 bridgehead atoms. The van der Waals surface area contributed by atoms with Gasteiger partial charge in [0.05, 0.1) is 4.88 Å². The molecule has 2 fully saturated rings. The number of aliphatic hydroxyl groups is 1. The Labute approximate surface area is 268 Å². The second-order valence-corrected chi connectivity index (χ2v) is 14.1. The molecule has 0 spiro atoms. The lowest BCUT2D eigenvalue weighted by molar-refractivity contribution is 0.0550. The minimum Gasteiger partial charge on any atom is -0.400 e. The van der Waals surface area contributed by atoms with Gasteiger partial charge < -0.3 is 19.8 Å². The zero-order chi connectivity index (χ0) is 31.6. The molecule has 2 aliphatic rings. The average molecular weight is 618 g/mol. The molecule has 1 aromatic heterocycles. The normalized spacial score (nSPS) is 16.5. The van der Waals surface area contributed by atoms with E-state index in [9.17, 15) is 9.59 Å². The number of thiophene rings is 1. The Morgan fingerprint density at radius 1 is 0.864 bits per heavy atom. The van der Waals surface area contributed by atoms with Crippen molar-refractivity contribution in [1.29, 1.82) is 0 Å². The Hall–Kier alpha value is -3.00. The molecule has 3 aromatic rings. The first-order valence-corrected chi connectivity index (χ1v) is 17.1. The Kier molecular flexibility index (Phi) is 12.6. The van der Waals surface area contributed by atoms with Gasteiger partial charge in [-0.1, -0.05) is 57.2 Å². The molecule has 2 saturated heterocycles. The van der Waals surface area contributed by atoms with Crippen LogP contribution in [0.5, 0.6) is 0 Å². The van der Waals surface area contributed by atoms with Crippen molar-refractivity contribution in [2.75, 3.05) is 39.8 Å². The number of hydrogen-bond acceptors (Lipinski definition) is 5. The summed E-state index contributed by atoms with van der Waals surface area (Å²) in [7, 11) is 1.00. The monoisotopic (exact) mass is 617 g/mol. The maximum atomic E-state index is 13.8. The summed E-state index contributed by atoms with van der Waals surface area (Å²) in [5, 5.41) is 7.00. The van der Waals surface area contributed by atoms with Gasteiger partial charge >= 0.3 is 0 Å². The first kappa shape index (κ1) is 33.9. The summed E-state index contributed by atoms with van der Waals surface area (Å²) in [5.74, 6) is 1.72. The predicted octanol–water partition coefficient (Wildman–Crippen LogP) is 7.36. The van der Waals surface area contributed by atoms with Crippen LogP contribution in [0.1, 0.15) is 83.3 Å². The third kappa shape index (κ3) is 9.02. The average Bonchev–Trinajstić information content (AvgIpc) is 3.50. The van der Waals surface area contributed by atoms with E-state index in [2.05, 4.69) is 73.9 Å². The number of benzene rings is 2. The smallest absolute Gasteiger partial charge is 0.264 e. The van der Waals surface area contributed by atoms with Gasteiger partial charge in [-0.25, -0.2) is 0 Å². The molecule has 2 aromatic carbocycles. The van der Waals surface area contributed by atoms with Gasteiger partial charge in [0.25, 0.3) is 11.8 Å². The number of likely N-dealkylation sites (tertiary alicyclic amines) is 2. The highest BCUT2D eigenvalue weighted by Gasteiger charge is 2.29. The molecule has 6 nitrogen and oxygen atoms in total. The van der Waals surface area contributed by atoms with E-state index >= 15 is 0 Å². The zero-order valence-corrected chi connectivity index (χ0v) is 28.1. The standard InChI is InChI=1S/C36H47N3O2S.CH4O/c1-26(2)15-20-37-21-18-33(19-22-37)39(36(41)34-14-5-28(4)42-34)25-29-6-8-30(9-7-29)31-10-12-32(13-11-31)35(40)38-23-16-27(3)17-24-38;1-2/h5-14,26-27,33H,15-25H2,1-4H3;2H,1H3. The quantitative estimate of drug-likeness (QED) is 0.273. The van der Waals surface area contributed by atoms with Crippen molar-refractivity contribution in [1.82, 2.24) is 14.7 Å². The molecule has 2 amide bonds. The number of nitrogens with zero attached hydrogens (tertiary/aromatic N) is 3. The van der Waals surface area contributed by atoms with Crippen LogP contribution in [0.2, 0.25) is 0 Å². The third-order valence-corrected chi connectivity index (χ3v) is 10.1. The molecule has 0 unspecified atom stereocenters. The number of amides is 2. The maximum Gasteiger partial charge on any atom is 0.264 e. The highest BCUT2D eigenvalue weighted by atomic mass is 32.1. The fourth-order valence-corrected chi connectivity index (χ4v) is 6.98. The molecule has 3 heterocycles. The summed E-state index contributed by atoms with van der Waals surface area (Å²) in [4.78, 5) is 35.4. The highest BCUT2D eigenvalue weighted by molar-refractivity contribution is 7.13. The van der Waals surface area contributed by atoms with Gasteiger partial charge in [0.2, 0.25) is 0 Å². The van der Waals surface area contributed by atoms with Crippen LogP contribution < -0.4 is 0 Å². The minimum absolute atomic E-state index is 0.139. The largest absolute Gasteiger partial charge is 0.400 e. The lowest BCUT2D eigenvalue weighted by atomic mass is 9.98. The van der Waals surface area contributed by atoms with Crippen molar-refractivity contribution >= 4 is 23.2 Å². The van der Waals surface area contributed by atoms with Crippen LogP contribution in [0, 0.1) is 18.8 Å². The topological polar surface area (TPSA) is 64.1 Å². The lowest BCUT2D eigenvalue weighted by Crippen LogP contribution is -2.47. The van der Waals surface area contributed by atoms with Crippen LogP contribution in [-0.2, 0) is 6.54 Å². The fourth-order valence-electron chi connectivity index (χ4n) is 6.15. The Morgan fingerprint density at radius 2 is 1.45 bits per heavy atom. The summed E-state index contributed by atoms with van der Waals surface area (Å²) in [6.45, 7) is 14.5. The van der Waals surface area contributed by atoms with Crippen molar-refractivity contribution in [3.05, 3.63) is 81.5 Å². The van der Waals surface area contributed by atoms with E-state index in [1.165, 1.54) is 11.3 Å². The molecule has 44 heavy (non-hydrogen) atoms. The van der Waals surface area contributed by atoms with E-state index in [1.807, 2.05) is 29.2 Å². The molecule has 5 rings (SSSR count). The SMILES string of the molecule is CO.Cc1ccc(C(=O)N(Cc2ccc(-c3ccc(C(=O)N4CCC(C)CC4)cc3)cc2)C2CCN(CCC(C)C)CC2)s1. The van der Waals surface area contributed by atoms with Crippen LogP contribution in [-0.4, -0.2) is 77.5 Å². The number of piperidine rings is 2. The minimum atomic E-state index is 0.139. The zero-order valence-electron chi connectivity index (χ0n) is 27.3. The third-order valence-electron chi connectivity index (χ3n) is 9.08. The van der Waals surface area contributed by atoms with E-state index in [1.54, 1.807) is 11.3 Å². The molecule has 0 aliphatic carbocycles. The van der Waals surface area contributed by atoms with Crippen molar-refractivity contribution < 1.29 is 14.7 Å². The number of carbonyl (C=O) groups is 2. The van der Waals surface area contributed by atoms with Crippen molar-refractivity contribution in [2.24, 2.45) is 11.8 Å². The first-order chi connectivity index (χ1) is 21.3. The first-order valence-electron chi connectivity index (χ1n) is 16.3. The molecule has 0 saturated carbocycles. The summed E-state index contributed by atoms with van der Waals surface area (Å²) in [5.41, 5.74) is 4.13. The number of hydrogen-bond donors (Lipinski definition) is 1. The molecule has 238 valence electrons. The van der Waals surface area contributed by atoms with Gasteiger partial charge in [-0.2, -0.15) is 0 Å². The van der Waals surface area contributed by atoms with Crippen LogP contribution in [0.25, 0.3) is 11.1 Å². The van der Waals surface area contributed by atoms with Crippen LogP contribution in [0.4, 0.5) is 0 Å². The number of rotatable bonds is 9. The van der Waals surface area contributed by atoms with Gasteiger partial charge in [0.15, 0.2) is 0 Å². The molecule has 7 heteroatoms. The summed E-state index contributed by atoms with van der Waals surface area (Å²) in [6.07, 6.45) is 5.44. The van der Waals surface area contributed by atoms with Gasteiger partial charge in [-0.05, 0) is 98.4 Å². The van der Waals surface area contributed by atoms with Crippen LogP contribution in [0.3, 0.4) is 0 Å². The van der Waals surface area contributed by atoms with E-state index in [4.69, 9.17) is 5.11 Å². The Morgan fingerprint density at radius 3 is 2.00 bits per heavy atom. The summed E-state index contributed by atoms with van der Waals surface area (Å²) < 4.78 is 0. The number of aliphatic hydroxyl groups excluding tert-OH is 1. The van der Waals surface area contributed by atoms with Gasteiger partial charge in [0.1, 0.15) is 0 Å². The number of carbonyl (C=O) groups excluding carboxylic acids is 2. The molecular formula is C37H51N3O3S. The molecule has 0 radical (unpaired) electrons. The lowest BCUT2D eigenvalue weighted by Gasteiger charge is -2.38. The van der Waals surface area contributed by atoms with Gasteiger partial charge in [-0.3, -0.25) is 9.59 Å². The Balaban J connectivity index is 0.00000216. The van der Waals surface area contributed by atoms with Crippen molar-refractivity contribution in [3.63, 3.8) is 0 Å². The molecular weight excluding hydrogens is 566 g/mol. The fraction of sp³-hybridized carbons (Fsp3) is 0.514. The second-order valence-electron chi connectivity index (χ2n) is 12.8. The summed E-state index contributed by atoms with van der Waals surface area (Å²) in [6, 6.07) is 20.9. The highest BCUT2D eigenvalue weighted by Crippen LogP contribution is 2.27. The molecule has 0 atom stereocenters. The van der Waals surface area contributed by atoms with E-state index < -0.39 is 0 Å². The molecule has 1 N–H and O–H groups in total. The van der Waals surface area contributed by atoms with Crippen molar-refractivity contribution in [3.8, 4) is 11.1 Å². The van der Waals surface area contributed by atoms with E-state index in [-0.39, 0.29) is 17.9 Å². The Bertz CT molecular complexity index is 1320.